The second-order valence-corrected chi connectivity index (χ2v) is 2.19. The van der Waals surface area contributed by atoms with Gasteiger partial charge in [0.05, 0.1) is 0 Å². The molecule has 13 heavy (non-hydrogen) atoms. The zero-order valence-corrected chi connectivity index (χ0v) is 7.95. The van der Waals surface area contributed by atoms with E-state index in [1.807, 2.05) is 6.92 Å². The minimum Gasteiger partial charge on any atom is -0.481 e. The van der Waals surface area contributed by atoms with Crippen LogP contribution in [0.4, 0.5) is 0 Å². The zero-order valence-electron chi connectivity index (χ0n) is 7.95. The average molecular weight is 193 g/mol. The summed E-state index contributed by atoms with van der Waals surface area (Å²) in [5, 5.41) is 13.5. The highest BCUT2D eigenvalue weighted by molar-refractivity contribution is 5.71. The van der Waals surface area contributed by atoms with Crippen molar-refractivity contribution in [2.24, 2.45) is 22.9 Å². The van der Waals surface area contributed by atoms with Gasteiger partial charge < -0.3 is 28.0 Å². The van der Waals surface area contributed by atoms with E-state index in [1.54, 1.807) is 0 Å². The first-order valence-corrected chi connectivity index (χ1v) is 3.48. The summed E-state index contributed by atoms with van der Waals surface area (Å²) in [6.07, 6.45) is 0. The highest BCUT2D eigenvalue weighted by Crippen LogP contribution is 1.59. The van der Waals surface area contributed by atoms with Gasteiger partial charge in [0.25, 0.3) is 5.97 Å². The Bertz CT molecular complexity index is 117. The summed E-state index contributed by atoms with van der Waals surface area (Å²) in [6, 6.07) is 0.162. The number of hydrogen-bond acceptors (Lipinski definition) is 4. The van der Waals surface area contributed by atoms with Crippen LogP contribution in [0.15, 0.2) is 0 Å². The predicted octanol–water partition coefficient (Wildman–Crippen LogP) is -1.78. The smallest absolute Gasteiger partial charge is 0.300 e. The molecule has 1 atom stereocenters. The van der Waals surface area contributed by atoms with E-state index in [0.29, 0.717) is 6.54 Å². The number of carboxylic acids is 1. The topological polar surface area (TPSA) is 165 Å². The summed E-state index contributed by atoms with van der Waals surface area (Å²) in [5.74, 6) is -1.17. The molecule has 0 aromatic rings. The standard InChI is InChI=1S/C3H10N2.C2H4O2.CH5N3/c1-3(5)2-4;1-2(3)4;2-1(3)4/h3H,2,4-5H2,1H3;1H3,(H,3,4);(H5,2,3,4). The summed E-state index contributed by atoms with van der Waals surface area (Å²) in [6.45, 7) is 3.54. The monoisotopic (exact) mass is 193 g/mol. The molecule has 0 heterocycles. The lowest BCUT2D eigenvalue weighted by molar-refractivity contribution is -0.134. The molecule has 0 aromatic heterocycles. The van der Waals surface area contributed by atoms with Gasteiger partial charge in [0, 0.05) is 19.5 Å². The second-order valence-electron chi connectivity index (χ2n) is 2.19. The van der Waals surface area contributed by atoms with Crippen LogP contribution in [0.3, 0.4) is 0 Å². The van der Waals surface area contributed by atoms with Crippen LogP contribution in [0.1, 0.15) is 13.8 Å². The van der Waals surface area contributed by atoms with Crippen molar-refractivity contribution >= 4 is 11.9 Å². The number of aliphatic carboxylic acids is 1. The fraction of sp³-hybridized carbons (Fsp3) is 0.667. The van der Waals surface area contributed by atoms with Crippen LogP contribution in [0.25, 0.3) is 0 Å². The van der Waals surface area contributed by atoms with Gasteiger partial charge in [-0.25, -0.2) is 0 Å². The Balaban J connectivity index is -0.000000117. The minimum absolute atomic E-state index is 0.162. The number of hydrogen-bond donors (Lipinski definition) is 6. The van der Waals surface area contributed by atoms with Crippen molar-refractivity contribution in [3.05, 3.63) is 0 Å². The van der Waals surface area contributed by atoms with Crippen molar-refractivity contribution in [3.8, 4) is 0 Å². The predicted molar refractivity (Wildman–Crippen MR) is 52.1 cm³/mol. The van der Waals surface area contributed by atoms with E-state index in [2.05, 4.69) is 11.5 Å². The van der Waals surface area contributed by atoms with Crippen molar-refractivity contribution in [1.82, 2.24) is 0 Å². The molecule has 0 aromatic carbocycles. The Labute approximate surface area is 77.6 Å². The summed E-state index contributed by atoms with van der Waals surface area (Å²) < 4.78 is 0. The Kier molecular flexibility index (Phi) is 18.0. The fourth-order valence-corrected chi connectivity index (χ4v) is 0. The third-order valence-electron chi connectivity index (χ3n) is 0.372. The van der Waals surface area contributed by atoms with Gasteiger partial charge in [0.15, 0.2) is 5.96 Å². The summed E-state index contributed by atoms with van der Waals surface area (Å²) in [5.41, 5.74) is 19.2. The van der Waals surface area contributed by atoms with Gasteiger partial charge in [-0.05, 0) is 6.92 Å². The van der Waals surface area contributed by atoms with E-state index in [-0.39, 0.29) is 12.0 Å². The first-order valence-electron chi connectivity index (χ1n) is 3.48. The number of nitrogens with two attached hydrogens (primary N) is 4. The van der Waals surface area contributed by atoms with Crippen LogP contribution in [0.5, 0.6) is 0 Å². The quantitative estimate of drug-likeness (QED) is 0.213. The fourth-order valence-electron chi connectivity index (χ4n) is 0. The molecule has 0 aliphatic rings. The summed E-state index contributed by atoms with van der Waals surface area (Å²) >= 11 is 0. The molecule has 10 N–H and O–H groups in total. The molecule has 0 saturated carbocycles. The van der Waals surface area contributed by atoms with Gasteiger partial charge in [0.1, 0.15) is 0 Å². The van der Waals surface area contributed by atoms with Crippen molar-refractivity contribution in [2.75, 3.05) is 6.54 Å². The first-order chi connectivity index (χ1) is 5.73. The maximum absolute atomic E-state index is 9.00. The number of carboxylic acid groups (broad SMARTS) is 1. The average Bonchev–Trinajstić information content (AvgIpc) is 1.84. The first kappa shape index (κ1) is 17.7. The van der Waals surface area contributed by atoms with Gasteiger partial charge in [-0.2, -0.15) is 0 Å². The Morgan fingerprint density at radius 1 is 1.54 bits per heavy atom. The van der Waals surface area contributed by atoms with Gasteiger partial charge in [-0.3, -0.25) is 10.2 Å². The Morgan fingerprint density at radius 3 is 1.62 bits per heavy atom. The summed E-state index contributed by atoms with van der Waals surface area (Å²) in [4.78, 5) is 9.00. The third kappa shape index (κ3) is 1840. The van der Waals surface area contributed by atoms with Gasteiger partial charge >= 0.3 is 0 Å². The van der Waals surface area contributed by atoms with Crippen LogP contribution in [-0.2, 0) is 4.79 Å². The summed E-state index contributed by atoms with van der Waals surface area (Å²) in [7, 11) is 0. The maximum Gasteiger partial charge on any atom is 0.300 e. The lowest BCUT2D eigenvalue weighted by atomic mass is 10.4. The van der Waals surface area contributed by atoms with Crippen molar-refractivity contribution in [2.45, 2.75) is 19.9 Å². The molecule has 0 saturated heterocycles. The maximum atomic E-state index is 9.00. The number of guanidine groups is 1. The van der Waals surface area contributed by atoms with E-state index < -0.39 is 5.97 Å². The van der Waals surface area contributed by atoms with Gasteiger partial charge in [-0.15, -0.1) is 0 Å². The molecular formula is C6H19N5O2. The van der Waals surface area contributed by atoms with Crippen LogP contribution >= 0.6 is 0 Å². The largest absolute Gasteiger partial charge is 0.481 e. The Morgan fingerprint density at radius 2 is 1.62 bits per heavy atom. The molecule has 0 bridgehead atoms. The molecule has 0 rings (SSSR count). The van der Waals surface area contributed by atoms with Gasteiger partial charge in [-0.1, -0.05) is 0 Å². The number of rotatable bonds is 1. The third-order valence-corrected chi connectivity index (χ3v) is 0.372. The van der Waals surface area contributed by atoms with Crippen molar-refractivity contribution in [1.29, 1.82) is 5.41 Å². The highest BCUT2D eigenvalue weighted by atomic mass is 16.4. The molecule has 1 unspecified atom stereocenters. The van der Waals surface area contributed by atoms with Gasteiger partial charge in [0.2, 0.25) is 0 Å². The molecule has 7 nitrogen and oxygen atoms in total. The van der Waals surface area contributed by atoms with Crippen LogP contribution in [0.2, 0.25) is 0 Å². The lowest BCUT2D eigenvalue weighted by Crippen LogP contribution is -2.25. The van der Waals surface area contributed by atoms with E-state index >= 15 is 0 Å². The lowest BCUT2D eigenvalue weighted by Gasteiger charge is -1.92. The number of carbonyl (C=O) groups is 1. The minimum atomic E-state index is -0.833. The van der Waals surface area contributed by atoms with Crippen LogP contribution in [0, 0.1) is 5.41 Å². The van der Waals surface area contributed by atoms with E-state index in [9.17, 15) is 0 Å². The molecule has 7 heteroatoms. The molecule has 80 valence electrons. The molecule has 0 radical (unpaired) electrons. The van der Waals surface area contributed by atoms with Crippen LogP contribution in [-0.4, -0.2) is 29.6 Å². The molecular weight excluding hydrogens is 174 g/mol. The van der Waals surface area contributed by atoms with E-state index in [1.165, 1.54) is 0 Å². The molecule has 0 spiro atoms. The van der Waals surface area contributed by atoms with Crippen molar-refractivity contribution in [3.63, 3.8) is 0 Å². The normalized spacial score (nSPS) is 9.54. The highest BCUT2D eigenvalue weighted by Gasteiger charge is 1.79. The van der Waals surface area contributed by atoms with E-state index in [4.69, 9.17) is 26.8 Å². The zero-order chi connectivity index (χ0) is 11.4. The molecule has 0 amide bonds. The Hall–Kier alpha value is -1.34. The van der Waals surface area contributed by atoms with Crippen molar-refractivity contribution < 1.29 is 9.90 Å². The molecule has 0 aliphatic carbocycles. The van der Waals surface area contributed by atoms with Crippen LogP contribution < -0.4 is 22.9 Å². The van der Waals surface area contributed by atoms with E-state index in [0.717, 1.165) is 6.92 Å². The molecule has 0 fully saturated rings. The number of nitrogens with one attached hydrogen (secondary N) is 1. The SMILES string of the molecule is CC(=O)O.CC(N)CN.N=C(N)N. The molecule has 0 aliphatic heterocycles. The second kappa shape index (κ2) is 13.3.